The zero-order chi connectivity index (χ0) is 9.97. The third-order valence-electron chi connectivity index (χ3n) is 2.16. The summed E-state index contributed by atoms with van der Waals surface area (Å²) >= 11 is 0. The molecule has 0 radical (unpaired) electrons. The molecule has 1 heterocycles. The van der Waals surface area contributed by atoms with E-state index in [0.717, 1.165) is 16.8 Å². The van der Waals surface area contributed by atoms with Crippen molar-refractivity contribution in [2.45, 2.75) is 0 Å². The van der Waals surface area contributed by atoms with Crippen LogP contribution in [0.4, 0.5) is 0 Å². The second-order valence-electron chi connectivity index (χ2n) is 3.11. The Hall–Kier alpha value is -2.01. The van der Waals surface area contributed by atoms with E-state index in [0.29, 0.717) is 0 Å². The summed E-state index contributed by atoms with van der Waals surface area (Å²) in [5, 5.41) is 0. The molecule has 1 aromatic heterocycles. The Labute approximate surface area is 83.2 Å². The van der Waals surface area contributed by atoms with Crippen LogP contribution >= 0.6 is 0 Å². The third-order valence-corrected chi connectivity index (χ3v) is 2.16. The molecular weight excluding hydrogens is 172 g/mol. The van der Waals surface area contributed by atoms with Crippen LogP contribution in [0, 0.1) is 12.3 Å². The van der Waals surface area contributed by atoms with Crippen LogP contribution in [0.1, 0.15) is 5.56 Å². The molecule has 2 heteroatoms. The van der Waals surface area contributed by atoms with Gasteiger partial charge in [-0.15, -0.1) is 6.42 Å². The molecule has 2 rings (SSSR count). The van der Waals surface area contributed by atoms with Gasteiger partial charge in [-0.05, 0) is 17.7 Å². The Morgan fingerprint density at radius 1 is 1.29 bits per heavy atom. The fourth-order valence-corrected chi connectivity index (χ4v) is 1.37. The van der Waals surface area contributed by atoms with Gasteiger partial charge in [0, 0.05) is 12.6 Å². The van der Waals surface area contributed by atoms with E-state index in [1.165, 1.54) is 0 Å². The number of rotatable bonds is 1. The monoisotopic (exact) mass is 182 g/mol. The van der Waals surface area contributed by atoms with Crippen LogP contribution in [-0.2, 0) is 7.05 Å². The lowest BCUT2D eigenvalue weighted by molar-refractivity contribution is 0.921. The maximum absolute atomic E-state index is 5.28. The molecule has 2 nitrogen and oxygen atoms in total. The second-order valence-corrected chi connectivity index (χ2v) is 3.11. The van der Waals surface area contributed by atoms with Gasteiger partial charge < -0.3 is 4.57 Å². The van der Waals surface area contributed by atoms with Crippen LogP contribution in [-0.4, -0.2) is 9.55 Å². The molecule has 0 saturated heterocycles. The average molecular weight is 182 g/mol. The lowest BCUT2D eigenvalue weighted by atomic mass is 10.1. The molecule has 0 saturated carbocycles. The van der Waals surface area contributed by atoms with E-state index < -0.39 is 0 Å². The minimum absolute atomic E-state index is 0.899. The number of nitrogens with zero attached hydrogens (tertiary/aromatic N) is 2. The highest BCUT2D eigenvalue weighted by atomic mass is 15.0. The third kappa shape index (κ3) is 1.40. The van der Waals surface area contributed by atoms with Crippen LogP contribution < -0.4 is 0 Å². The highest BCUT2D eigenvalue weighted by Crippen LogP contribution is 2.17. The predicted octanol–water partition coefficient (Wildman–Crippen LogP) is 2.07. The molecule has 0 atom stereocenters. The van der Waals surface area contributed by atoms with Gasteiger partial charge in [0.05, 0.1) is 18.2 Å². The number of aromatic nitrogens is 2. The van der Waals surface area contributed by atoms with E-state index in [2.05, 4.69) is 10.9 Å². The lowest BCUT2D eigenvalue weighted by Crippen LogP contribution is -1.88. The van der Waals surface area contributed by atoms with Crippen molar-refractivity contribution in [1.82, 2.24) is 9.55 Å². The highest BCUT2D eigenvalue weighted by molar-refractivity contribution is 5.60. The second kappa shape index (κ2) is 3.39. The molecule has 0 N–H and O–H groups in total. The smallest absolute Gasteiger partial charge is 0.0948 e. The van der Waals surface area contributed by atoms with E-state index in [9.17, 15) is 0 Å². The Morgan fingerprint density at radius 2 is 2.00 bits per heavy atom. The zero-order valence-electron chi connectivity index (χ0n) is 7.94. The van der Waals surface area contributed by atoms with Crippen molar-refractivity contribution in [1.29, 1.82) is 0 Å². The number of aryl methyl sites for hydroxylation is 1. The minimum Gasteiger partial charge on any atom is -0.334 e. The van der Waals surface area contributed by atoms with E-state index >= 15 is 0 Å². The van der Waals surface area contributed by atoms with Gasteiger partial charge in [0.2, 0.25) is 0 Å². The molecule has 0 bridgehead atoms. The fourth-order valence-electron chi connectivity index (χ4n) is 1.37. The summed E-state index contributed by atoms with van der Waals surface area (Å²) in [6, 6.07) is 7.88. The van der Waals surface area contributed by atoms with Crippen LogP contribution in [0.15, 0.2) is 36.8 Å². The van der Waals surface area contributed by atoms with Crippen molar-refractivity contribution < 1.29 is 0 Å². The number of hydrogen-bond acceptors (Lipinski definition) is 1. The Bertz CT molecular complexity index is 472. The normalized spacial score (nSPS) is 9.71. The number of terminal acetylenes is 1. The molecule has 0 aliphatic rings. The molecule has 2 aromatic rings. The molecule has 0 amide bonds. The number of hydrogen-bond donors (Lipinski definition) is 0. The molecule has 0 fully saturated rings. The van der Waals surface area contributed by atoms with E-state index in [1.807, 2.05) is 42.1 Å². The topological polar surface area (TPSA) is 17.8 Å². The Morgan fingerprint density at radius 3 is 2.50 bits per heavy atom. The maximum atomic E-state index is 5.28. The van der Waals surface area contributed by atoms with Gasteiger partial charge in [-0.3, -0.25) is 0 Å². The fraction of sp³-hybridized carbons (Fsp3) is 0.0833. The standard InChI is InChI=1S/C12H10N2/c1-3-10-4-6-11(7-5-10)12-8-13-9-14(12)2/h1,4-9H,2H3. The number of benzene rings is 1. The van der Waals surface area contributed by atoms with Crippen molar-refractivity contribution in [2.75, 3.05) is 0 Å². The molecule has 0 spiro atoms. The Kier molecular flexibility index (Phi) is 2.08. The van der Waals surface area contributed by atoms with Gasteiger partial charge in [0.1, 0.15) is 0 Å². The van der Waals surface area contributed by atoms with Crippen molar-refractivity contribution in [3.05, 3.63) is 42.4 Å². The van der Waals surface area contributed by atoms with E-state index in [1.54, 1.807) is 6.33 Å². The molecule has 68 valence electrons. The maximum Gasteiger partial charge on any atom is 0.0948 e. The van der Waals surface area contributed by atoms with Crippen molar-refractivity contribution in [2.24, 2.45) is 7.05 Å². The first-order valence-corrected chi connectivity index (χ1v) is 4.34. The van der Waals surface area contributed by atoms with Gasteiger partial charge in [0.15, 0.2) is 0 Å². The van der Waals surface area contributed by atoms with Gasteiger partial charge in [-0.25, -0.2) is 4.98 Å². The molecular formula is C12H10N2. The summed E-state index contributed by atoms with van der Waals surface area (Å²) in [6.07, 6.45) is 8.90. The van der Waals surface area contributed by atoms with Crippen molar-refractivity contribution in [3.8, 4) is 23.6 Å². The minimum atomic E-state index is 0.899. The first kappa shape index (κ1) is 8.58. The van der Waals surface area contributed by atoms with E-state index in [-0.39, 0.29) is 0 Å². The molecule has 1 aromatic carbocycles. The van der Waals surface area contributed by atoms with Crippen molar-refractivity contribution in [3.63, 3.8) is 0 Å². The first-order chi connectivity index (χ1) is 6.81. The Balaban J connectivity index is 2.45. The van der Waals surface area contributed by atoms with E-state index in [4.69, 9.17) is 6.42 Å². The zero-order valence-corrected chi connectivity index (χ0v) is 7.94. The number of imidazole rings is 1. The summed E-state index contributed by atoms with van der Waals surface area (Å²) in [5.74, 6) is 2.59. The highest BCUT2D eigenvalue weighted by Gasteiger charge is 2.00. The summed E-state index contributed by atoms with van der Waals surface area (Å²) in [6.45, 7) is 0. The van der Waals surface area contributed by atoms with Gasteiger partial charge in [-0.1, -0.05) is 18.1 Å². The van der Waals surface area contributed by atoms with Crippen LogP contribution in [0.25, 0.3) is 11.3 Å². The molecule has 0 aliphatic heterocycles. The summed E-state index contributed by atoms with van der Waals surface area (Å²) in [7, 11) is 1.97. The SMILES string of the molecule is C#Cc1ccc(-c2cncn2C)cc1. The van der Waals surface area contributed by atoms with Gasteiger partial charge >= 0.3 is 0 Å². The van der Waals surface area contributed by atoms with Gasteiger partial charge in [-0.2, -0.15) is 0 Å². The predicted molar refractivity (Wildman–Crippen MR) is 56.6 cm³/mol. The molecule has 14 heavy (non-hydrogen) atoms. The van der Waals surface area contributed by atoms with Gasteiger partial charge in [0.25, 0.3) is 0 Å². The molecule has 0 aliphatic carbocycles. The first-order valence-electron chi connectivity index (χ1n) is 4.34. The molecule has 0 unspecified atom stereocenters. The van der Waals surface area contributed by atoms with Crippen LogP contribution in [0.5, 0.6) is 0 Å². The largest absolute Gasteiger partial charge is 0.334 e. The lowest BCUT2D eigenvalue weighted by Gasteiger charge is -2.01. The summed E-state index contributed by atoms with van der Waals surface area (Å²) in [5.41, 5.74) is 3.12. The quantitative estimate of drug-likeness (QED) is 0.617. The average Bonchev–Trinajstić information content (AvgIpc) is 2.65. The van der Waals surface area contributed by atoms with Crippen LogP contribution in [0.2, 0.25) is 0 Å². The summed E-state index contributed by atoms with van der Waals surface area (Å²) < 4.78 is 1.98. The van der Waals surface area contributed by atoms with Crippen LogP contribution in [0.3, 0.4) is 0 Å². The summed E-state index contributed by atoms with van der Waals surface area (Å²) in [4.78, 5) is 4.06. The van der Waals surface area contributed by atoms with Crippen molar-refractivity contribution >= 4 is 0 Å².